The Bertz CT molecular complexity index is 392. The van der Waals surface area contributed by atoms with Crippen LogP contribution in [0.4, 0.5) is 0 Å². The first-order chi connectivity index (χ1) is 9.22. The second kappa shape index (κ2) is 6.86. The van der Waals surface area contributed by atoms with Crippen LogP contribution in [0.25, 0.3) is 0 Å². The Hall–Kier alpha value is -1.14. The van der Waals surface area contributed by atoms with Gasteiger partial charge < -0.3 is 14.2 Å². The van der Waals surface area contributed by atoms with Gasteiger partial charge in [-0.25, -0.2) is 0 Å². The monoisotopic (exact) mass is 266 g/mol. The topological polar surface area (TPSA) is 65.7 Å². The normalized spacial score (nSPS) is 21.4. The summed E-state index contributed by atoms with van der Waals surface area (Å²) in [7, 11) is 0. The first-order valence-electron chi connectivity index (χ1n) is 6.63. The number of hydrogen-bond donors (Lipinski definition) is 2. The molecular weight excluding hydrogens is 244 g/mol. The highest BCUT2D eigenvalue weighted by Gasteiger charge is 2.28. The van der Waals surface area contributed by atoms with Crippen LogP contribution in [0.15, 0.2) is 24.3 Å². The lowest BCUT2D eigenvalue weighted by molar-refractivity contribution is -0.102. The van der Waals surface area contributed by atoms with Crippen molar-refractivity contribution in [1.29, 1.82) is 0 Å². The van der Waals surface area contributed by atoms with E-state index >= 15 is 0 Å². The standard InChI is InChI=1S/C14H22N2O3/c1-10(2)19-12-6-4-3-5-11(12)14(16-15)13-9-17-7-8-18-13/h3-6,10,13-14,16H,7-9,15H2,1-2H3. The zero-order chi connectivity index (χ0) is 13.7. The molecule has 0 aromatic heterocycles. The molecule has 0 saturated carbocycles. The third kappa shape index (κ3) is 3.67. The molecule has 106 valence electrons. The molecule has 1 aromatic carbocycles. The van der Waals surface area contributed by atoms with E-state index in [9.17, 15) is 0 Å². The van der Waals surface area contributed by atoms with Gasteiger partial charge in [0.25, 0.3) is 0 Å². The lowest BCUT2D eigenvalue weighted by atomic mass is 10.0. The molecule has 3 N–H and O–H groups in total. The molecule has 0 spiro atoms. The molecule has 0 amide bonds. The predicted molar refractivity (Wildman–Crippen MR) is 72.8 cm³/mol. The molecular formula is C14H22N2O3. The van der Waals surface area contributed by atoms with Gasteiger partial charge in [0.15, 0.2) is 0 Å². The van der Waals surface area contributed by atoms with E-state index in [0.29, 0.717) is 19.8 Å². The molecule has 2 unspecified atom stereocenters. The highest BCUT2D eigenvalue weighted by molar-refractivity contribution is 5.36. The quantitative estimate of drug-likeness (QED) is 0.623. The fourth-order valence-electron chi connectivity index (χ4n) is 2.19. The second-order valence-electron chi connectivity index (χ2n) is 4.83. The largest absolute Gasteiger partial charge is 0.491 e. The number of hydrazine groups is 1. The Balaban J connectivity index is 2.21. The van der Waals surface area contributed by atoms with Gasteiger partial charge in [-0.05, 0) is 19.9 Å². The molecule has 1 aliphatic heterocycles. The Kier molecular flexibility index (Phi) is 5.15. The van der Waals surface area contributed by atoms with Gasteiger partial charge in [-0.1, -0.05) is 18.2 Å². The van der Waals surface area contributed by atoms with Crippen LogP contribution in [0.5, 0.6) is 5.75 Å². The minimum atomic E-state index is -0.143. The molecule has 1 fully saturated rings. The van der Waals surface area contributed by atoms with Gasteiger partial charge in [-0.2, -0.15) is 0 Å². The predicted octanol–water partition coefficient (Wildman–Crippen LogP) is 1.39. The summed E-state index contributed by atoms with van der Waals surface area (Å²) in [6.45, 7) is 5.77. The molecule has 1 aliphatic rings. The highest BCUT2D eigenvalue weighted by Crippen LogP contribution is 2.29. The maximum atomic E-state index is 5.83. The number of ether oxygens (including phenoxy) is 3. The summed E-state index contributed by atoms with van der Waals surface area (Å²) in [4.78, 5) is 0. The molecule has 0 bridgehead atoms. The van der Waals surface area contributed by atoms with Crippen LogP contribution in [0.2, 0.25) is 0 Å². The van der Waals surface area contributed by atoms with Crippen LogP contribution in [-0.4, -0.2) is 32.0 Å². The Morgan fingerprint density at radius 2 is 2.11 bits per heavy atom. The summed E-state index contributed by atoms with van der Waals surface area (Å²) in [6, 6.07) is 7.72. The van der Waals surface area contributed by atoms with Crippen LogP contribution >= 0.6 is 0 Å². The van der Waals surface area contributed by atoms with Crippen LogP contribution in [0.1, 0.15) is 25.5 Å². The van der Waals surface area contributed by atoms with Crippen molar-refractivity contribution in [1.82, 2.24) is 5.43 Å². The van der Waals surface area contributed by atoms with Gasteiger partial charge in [0.05, 0.1) is 32.0 Å². The average Bonchev–Trinajstić information content (AvgIpc) is 2.42. The van der Waals surface area contributed by atoms with Gasteiger partial charge in [0.2, 0.25) is 0 Å². The van der Waals surface area contributed by atoms with E-state index in [1.165, 1.54) is 0 Å². The van der Waals surface area contributed by atoms with E-state index in [0.717, 1.165) is 11.3 Å². The summed E-state index contributed by atoms with van der Waals surface area (Å²) in [5, 5.41) is 0. The Labute approximate surface area is 114 Å². The third-order valence-corrected chi connectivity index (χ3v) is 3.01. The Morgan fingerprint density at radius 3 is 2.74 bits per heavy atom. The molecule has 1 saturated heterocycles. The van der Waals surface area contributed by atoms with Crippen LogP contribution in [0.3, 0.4) is 0 Å². The van der Waals surface area contributed by atoms with Crippen molar-refractivity contribution in [3.8, 4) is 5.75 Å². The van der Waals surface area contributed by atoms with E-state index in [4.69, 9.17) is 20.1 Å². The fraction of sp³-hybridized carbons (Fsp3) is 0.571. The second-order valence-corrected chi connectivity index (χ2v) is 4.83. The van der Waals surface area contributed by atoms with Crippen molar-refractivity contribution in [2.24, 2.45) is 5.84 Å². The van der Waals surface area contributed by atoms with Crippen molar-refractivity contribution < 1.29 is 14.2 Å². The molecule has 5 heteroatoms. The maximum Gasteiger partial charge on any atom is 0.124 e. The summed E-state index contributed by atoms with van der Waals surface area (Å²) < 4.78 is 17.0. The number of nitrogens with one attached hydrogen (secondary N) is 1. The summed E-state index contributed by atoms with van der Waals surface area (Å²) in [5.41, 5.74) is 3.81. The lowest BCUT2D eigenvalue weighted by Gasteiger charge is -2.31. The fourth-order valence-corrected chi connectivity index (χ4v) is 2.19. The maximum absolute atomic E-state index is 5.83. The SMILES string of the molecule is CC(C)Oc1ccccc1C(NN)C1COCCO1. The van der Waals surface area contributed by atoms with Crippen molar-refractivity contribution in [3.05, 3.63) is 29.8 Å². The van der Waals surface area contributed by atoms with Crippen LogP contribution in [0, 0.1) is 0 Å². The molecule has 0 radical (unpaired) electrons. The van der Waals surface area contributed by atoms with E-state index < -0.39 is 0 Å². The number of para-hydroxylation sites is 1. The molecule has 0 aliphatic carbocycles. The average molecular weight is 266 g/mol. The summed E-state index contributed by atoms with van der Waals surface area (Å²) >= 11 is 0. The third-order valence-electron chi connectivity index (χ3n) is 3.01. The number of rotatable bonds is 5. The van der Waals surface area contributed by atoms with Crippen LogP contribution < -0.4 is 16.0 Å². The number of hydrogen-bond acceptors (Lipinski definition) is 5. The molecule has 2 atom stereocenters. The van der Waals surface area contributed by atoms with Crippen molar-refractivity contribution in [2.45, 2.75) is 32.1 Å². The molecule has 19 heavy (non-hydrogen) atoms. The van der Waals surface area contributed by atoms with E-state index in [1.807, 2.05) is 38.1 Å². The van der Waals surface area contributed by atoms with E-state index in [1.54, 1.807) is 0 Å². The zero-order valence-electron chi connectivity index (χ0n) is 11.5. The molecule has 5 nitrogen and oxygen atoms in total. The minimum Gasteiger partial charge on any atom is -0.491 e. The first-order valence-corrected chi connectivity index (χ1v) is 6.63. The van der Waals surface area contributed by atoms with Gasteiger partial charge >= 0.3 is 0 Å². The van der Waals surface area contributed by atoms with Crippen molar-refractivity contribution in [3.63, 3.8) is 0 Å². The minimum absolute atomic E-state index is 0.101. The van der Waals surface area contributed by atoms with E-state index in [2.05, 4.69) is 5.43 Å². The van der Waals surface area contributed by atoms with Gasteiger partial charge in [0.1, 0.15) is 11.9 Å². The van der Waals surface area contributed by atoms with E-state index in [-0.39, 0.29) is 18.2 Å². The van der Waals surface area contributed by atoms with Crippen molar-refractivity contribution in [2.75, 3.05) is 19.8 Å². The zero-order valence-corrected chi connectivity index (χ0v) is 11.5. The number of benzene rings is 1. The Morgan fingerprint density at radius 1 is 1.32 bits per heavy atom. The van der Waals surface area contributed by atoms with Gasteiger partial charge in [-0.3, -0.25) is 11.3 Å². The summed E-state index contributed by atoms with van der Waals surface area (Å²) in [5.74, 6) is 6.52. The smallest absolute Gasteiger partial charge is 0.124 e. The lowest BCUT2D eigenvalue weighted by Crippen LogP contribution is -2.43. The molecule has 1 aromatic rings. The highest BCUT2D eigenvalue weighted by atomic mass is 16.6. The van der Waals surface area contributed by atoms with Gasteiger partial charge in [-0.15, -0.1) is 0 Å². The first kappa shape index (κ1) is 14.3. The van der Waals surface area contributed by atoms with Crippen LogP contribution in [-0.2, 0) is 9.47 Å². The van der Waals surface area contributed by atoms with Crippen molar-refractivity contribution >= 4 is 0 Å². The molecule has 1 heterocycles. The summed E-state index contributed by atoms with van der Waals surface area (Å²) in [6.07, 6.45) is 0.0127. The van der Waals surface area contributed by atoms with Gasteiger partial charge in [0, 0.05) is 5.56 Å². The number of nitrogens with two attached hydrogens (primary N) is 1. The molecule has 2 rings (SSSR count).